The van der Waals surface area contributed by atoms with Crippen LogP contribution in [0.15, 0.2) is 65.5 Å². The summed E-state index contributed by atoms with van der Waals surface area (Å²) in [5.41, 5.74) is 3.95. The van der Waals surface area contributed by atoms with E-state index in [-0.39, 0.29) is 11.6 Å². The van der Waals surface area contributed by atoms with Crippen LogP contribution in [0.5, 0.6) is 0 Å². The van der Waals surface area contributed by atoms with Gasteiger partial charge in [0.05, 0.1) is 18.9 Å². The Morgan fingerprint density at radius 1 is 1.06 bits per heavy atom. The van der Waals surface area contributed by atoms with Crippen molar-refractivity contribution in [2.45, 2.75) is 12.8 Å². The van der Waals surface area contributed by atoms with Crippen molar-refractivity contribution >= 4 is 11.7 Å². The van der Waals surface area contributed by atoms with Crippen LogP contribution in [0.25, 0.3) is 11.3 Å². The van der Waals surface area contributed by atoms with Crippen LogP contribution >= 0.6 is 0 Å². The van der Waals surface area contributed by atoms with E-state index < -0.39 is 0 Å². The van der Waals surface area contributed by atoms with Crippen LogP contribution in [0.3, 0.4) is 0 Å². The Morgan fingerprint density at radius 2 is 1.88 bits per heavy atom. The third-order valence-corrected chi connectivity index (χ3v) is 5.55. The van der Waals surface area contributed by atoms with E-state index in [0.29, 0.717) is 18.7 Å². The highest BCUT2D eigenvalue weighted by Gasteiger charge is 2.11. The summed E-state index contributed by atoms with van der Waals surface area (Å²) in [5, 5.41) is 12.6. The second-order valence-corrected chi connectivity index (χ2v) is 8.04. The van der Waals surface area contributed by atoms with Gasteiger partial charge < -0.3 is 15.4 Å². The molecule has 0 bridgehead atoms. The molecule has 4 rings (SSSR count). The Kier molecular flexibility index (Phi) is 7.84. The maximum absolute atomic E-state index is 12.3. The number of carbonyl (C=O) groups excluding carboxylic acids is 1. The average Bonchev–Trinajstić information content (AvgIpc) is 2.83. The van der Waals surface area contributed by atoms with E-state index in [1.807, 2.05) is 54.6 Å². The smallest absolute Gasteiger partial charge is 0.319 e. The van der Waals surface area contributed by atoms with Crippen molar-refractivity contribution in [1.82, 2.24) is 20.4 Å². The fraction of sp³-hybridized carbons (Fsp3) is 0.320. The number of H-pyrrole nitrogens is 1. The first-order chi connectivity index (χ1) is 16.2. The fourth-order valence-corrected chi connectivity index (χ4v) is 3.91. The van der Waals surface area contributed by atoms with Crippen LogP contribution in [0.2, 0.25) is 0 Å². The van der Waals surface area contributed by atoms with E-state index >= 15 is 0 Å². The normalized spacial score (nSPS) is 14.1. The predicted octanol–water partition coefficient (Wildman–Crippen LogP) is 2.87. The number of carbonyl (C=O) groups is 1. The van der Waals surface area contributed by atoms with Crippen LogP contribution in [0.1, 0.15) is 17.5 Å². The number of benzene rings is 2. The third kappa shape index (κ3) is 6.74. The highest BCUT2D eigenvalue weighted by Crippen LogP contribution is 2.23. The molecule has 0 aliphatic carbocycles. The molecule has 0 spiro atoms. The molecule has 0 saturated carbocycles. The summed E-state index contributed by atoms with van der Waals surface area (Å²) in [6.45, 7) is 5.03. The molecule has 2 aromatic carbocycles. The number of aromatic amines is 1. The molecule has 1 aliphatic rings. The van der Waals surface area contributed by atoms with Gasteiger partial charge in [-0.25, -0.2) is 9.89 Å². The molecule has 33 heavy (non-hydrogen) atoms. The van der Waals surface area contributed by atoms with Crippen LogP contribution in [0.4, 0.5) is 10.5 Å². The van der Waals surface area contributed by atoms with Gasteiger partial charge in [-0.05, 0) is 42.6 Å². The summed E-state index contributed by atoms with van der Waals surface area (Å²) in [4.78, 5) is 26.6. The largest absolute Gasteiger partial charge is 0.379 e. The number of morpholine rings is 1. The van der Waals surface area contributed by atoms with Crippen molar-refractivity contribution in [3.05, 3.63) is 82.1 Å². The third-order valence-electron chi connectivity index (χ3n) is 5.55. The highest BCUT2D eigenvalue weighted by molar-refractivity contribution is 5.89. The lowest BCUT2D eigenvalue weighted by atomic mass is 10.00. The van der Waals surface area contributed by atoms with E-state index in [2.05, 4.69) is 25.7 Å². The molecule has 8 nitrogen and oxygen atoms in total. The highest BCUT2D eigenvalue weighted by atomic mass is 16.5. The van der Waals surface area contributed by atoms with Gasteiger partial charge in [-0.15, -0.1) is 0 Å². The van der Waals surface area contributed by atoms with Crippen molar-refractivity contribution in [3.63, 3.8) is 0 Å². The number of aromatic nitrogens is 2. The summed E-state index contributed by atoms with van der Waals surface area (Å²) in [7, 11) is 0. The molecule has 1 aliphatic heterocycles. The zero-order valence-corrected chi connectivity index (χ0v) is 18.5. The molecule has 3 aromatic rings. The van der Waals surface area contributed by atoms with E-state index in [9.17, 15) is 9.59 Å². The fourth-order valence-electron chi connectivity index (χ4n) is 3.91. The standard InChI is InChI=1S/C25H29N5O3/c31-23-18-21(24(29-28-23)20-7-2-1-3-8-20)16-19-6-4-9-22(17-19)27-25(32)26-10-5-11-30-12-14-33-15-13-30/h1-4,6-9,17-18H,5,10-16H2,(H,28,31)(H2,26,27,32). The van der Waals surface area contributed by atoms with Gasteiger partial charge in [-0.3, -0.25) is 9.69 Å². The van der Waals surface area contributed by atoms with Crippen molar-refractivity contribution in [2.75, 3.05) is 44.7 Å². The number of anilines is 1. The lowest BCUT2D eigenvalue weighted by Crippen LogP contribution is -2.38. The molecule has 2 heterocycles. The summed E-state index contributed by atoms with van der Waals surface area (Å²) in [6, 6.07) is 18.7. The van der Waals surface area contributed by atoms with Gasteiger partial charge in [-0.2, -0.15) is 5.10 Å². The van der Waals surface area contributed by atoms with Crippen molar-refractivity contribution in [1.29, 1.82) is 0 Å². The SMILES string of the molecule is O=C(NCCCN1CCOCC1)Nc1cccc(Cc2cc(=O)[nH]nc2-c2ccccc2)c1. The molecule has 0 unspecified atom stereocenters. The number of hydrogen-bond donors (Lipinski definition) is 3. The van der Waals surface area contributed by atoms with E-state index in [1.54, 1.807) is 6.07 Å². The van der Waals surface area contributed by atoms with Gasteiger partial charge >= 0.3 is 6.03 Å². The predicted molar refractivity (Wildman–Crippen MR) is 128 cm³/mol. The van der Waals surface area contributed by atoms with E-state index in [1.165, 1.54) is 0 Å². The van der Waals surface area contributed by atoms with Crippen molar-refractivity contribution in [2.24, 2.45) is 0 Å². The molecule has 8 heteroatoms. The Morgan fingerprint density at radius 3 is 2.70 bits per heavy atom. The Balaban J connectivity index is 1.34. The monoisotopic (exact) mass is 447 g/mol. The maximum Gasteiger partial charge on any atom is 0.319 e. The van der Waals surface area contributed by atoms with Crippen molar-refractivity contribution < 1.29 is 9.53 Å². The van der Waals surface area contributed by atoms with Crippen LogP contribution in [-0.4, -0.2) is 60.5 Å². The van der Waals surface area contributed by atoms with Gasteiger partial charge in [0.2, 0.25) is 0 Å². The molecular weight excluding hydrogens is 418 g/mol. The minimum Gasteiger partial charge on any atom is -0.379 e. The Bertz CT molecular complexity index is 1110. The summed E-state index contributed by atoms with van der Waals surface area (Å²) < 4.78 is 5.35. The molecule has 1 aromatic heterocycles. The number of nitrogens with zero attached hydrogens (tertiary/aromatic N) is 2. The lowest BCUT2D eigenvalue weighted by molar-refractivity contribution is 0.0375. The number of urea groups is 1. The first kappa shape index (κ1) is 22.7. The molecular formula is C25H29N5O3. The maximum atomic E-state index is 12.3. The van der Waals surface area contributed by atoms with E-state index in [4.69, 9.17) is 4.74 Å². The van der Waals surface area contributed by atoms with E-state index in [0.717, 1.165) is 61.7 Å². The summed E-state index contributed by atoms with van der Waals surface area (Å²) >= 11 is 0. The molecule has 172 valence electrons. The first-order valence-corrected chi connectivity index (χ1v) is 11.3. The van der Waals surface area contributed by atoms with Crippen LogP contribution in [0, 0.1) is 0 Å². The number of hydrogen-bond acceptors (Lipinski definition) is 5. The first-order valence-electron chi connectivity index (χ1n) is 11.3. The Hall–Kier alpha value is -3.49. The zero-order chi connectivity index (χ0) is 22.9. The Labute approximate surface area is 193 Å². The lowest BCUT2D eigenvalue weighted by Gasteiger charge is -2.26. The zero-order valence-electron chi connectivity index (χ0n) is 18.5. The van der Waals surface area contributed by atoms with Crippen molar-refractivity contribution in [3.8, 4) is 11.3 Å². The van der Waals surface area contributed by atoms with Gasteiger partial charge in [-0.1, -0.05) is 42.5 Å². The second kappa shape index (κ2) is 11.4. The van der Waals surface area contributed by atoms with Crippen LogP contribution < -0.4 is 16.2 Å². The second-order valence-electron chi connectivity index (χ2n) is 8.04. The van der Waals surface area contributed by atoms with Gasteiger partial charge in [0.1, 0.15) is 0 Å². The van der Waals surface area contributed by atoms with Crippen LogP contribution in [-0.2, 0) is 11.2 Å². The summed E-state index contributed by atoms with van der Waals surface area (Å²) in [6.07, 6.45) is 1.42. The van der Waals surface area contributed by atoms with Gasteiger partial charge in [0.15, 0.2) is 0 Å². The molecule has 1 saturated heterocycles. The molecule has 3 N–H and O–H groups in total. The molecule has 2 amide bonds. The summed E-state index contributed by atoms with van der Waals surface area (Å²) in [5.74, 6) is 0. The minimum atomic E-state index is -0.240. The molecule has 0 atom stereocenters. The number of ether oxygens (including phenoxy) is 1. The quantitative estimate of drug-likeness (QED) is 0.461. The molecule has 0 radical (unpaired) electrons. The topological polar surface area (TPSA) is 99.4 Å². The van der Waals surface area contributed by atoms with Gasteiger partial charge in [0.25, 0.3) is 5.56 Å². The molecule has 1 fully saturated rings. The van der Waals surface area contributed by atoms with Gasteiger partial charge in [0, 0.05) is 37.0 Å². The number of amides is 2. The number of nitrogens with one attached hydrogen (secondary N) is 3. The minimum absolute atomic E-state index is 0.225. The number of rotatable bonds is 8. The average molecular weight is 448 g/mol.